The molecule has 0 bridgehead atoms. The van der Waals surface area contributed by atoms with Crippen LogP contribution >= 0.6 is 11.3 Å². The van der Waals surface area contributed by atoms with E-state index in [0.717, 1.165) is 18.7 Å². The van der Waals surface area contributed by atoms with Crippen LogP contribution in [0.3, 0.4) is 0 Å². The van der Waals surface area contributed by atoms with E-state index in [1.54, 1.807) is 17.5 Å². The van der Waals surface area contributed by atoms with Crippen LogP contribution in [-0.2, 0) is 24.2 Å². The van der Waals surface area contributed by atoms with Crippen molar-refractivity contribution >= 4 is 34.0 Å². The zero-order valence-electron chi connectivity index (χ0n) is 18.3. The van der Waals surface area contributed by atoms with E-state index in [1.807, 2.05) is 12.1 Å². The van der Waals surface area contributed by atoms with Crippen molar-refractivity contribution in [3.05, 3.63) is 76.3 Å². The second-order valence-electron chi connectivity index (χ2n) is 7.68. The van der Waals surface area contributed by atoms with Crippen LogP contribution in [0.25, 0.3) is 0 Å². The number of hydrogen-bond acceptors (Lipinski definition) is 5. The van der Waals surface area contributed by atoms with Crippen molar-refractivity contribution in [2.24, 2.45) is 0 Å². The maximum atomic E-state index is 12.4. The molecule has 32 heavy (non-hydrogen) atoms. The lowest BCUT2D eigenvalue weighted by molar-refractivity contribution is -0.136. The monoisotopic (exact) mass is 451 g/mol. The van der Waals surface area contributed by atoms with Crippen molar-refractivity contribution in [3.63, 3.8) is 0 Å². The Kier molecular flexibility index (Phi) is 8.80. The number of rotatable bonds is 12. The largest absolute Gasteiger partial charge is 0.481 e. The molecule has 0 fully saturated rings. The zero-order chi connectivity index (χ0) is 22.8. The first-order valence-electron chi connectivity index (χ1n) is 10.9. The van der Waals surface area contributed by atoms with Gasteiger partial charge in [-0.3, -0.25) is 14.9 Å². The molecule has 3 aromatic rings. The summed E-state index contributed by atoms with van der Waals surface area (Å²) >= 11 is 1.21. The first-order valence-corrected chi connectivity index (χ1v) is 11.8. The fraction of sp³-hybridized carbons (Fsp3) is 0.320. The van der Waals surface area contributed by atoms with Gasteiger partial charge in [-0.2, -0.15) is 0 Å². The molecule has 1 amide bonds. The topological polar surface area (TPSA) is 91.3 Å². The minimum absolute atomic E-state index is 0.158. The van der Waals surface area contributed by atoms with Crippen LogP contribution in [0.4, 0.5) is 10.8 Å². The molecule has 0 saturated carbocycles. The van der Waals surface area contributed by atoms with Crippen LogP contribution in [0.5, 0.6) is 0 Å². The molecule has 168 valence electrons. The molecule has 0 saturated heterocycles. The van der Waals surface area contributed by atoms with E-state index in [9.17, 15) is 9.59 Å². The SMILES string of the molecule is CCCCCCc1ccccc1CNc1ccc(C(=O)Nc2nc(CC(=O)O)cs2)cc1. The Labute approximate surface area is 192 Å². The summed E-state index contributed by atoms with van der Waals surface area (Å²) in [5, 5.41) is 17.0. The van der Waals surface area contributed by atoms with Gasteiger partial charge in [0, 0.05) is 23.2 Å². The molecule has 0 aliphatic rings. The number of aryl methyl sites for hydroxylation is 1. The Morgan fingerprint density at radius 1 is 1.00 bits per heavy atom. The number of thiazole rings is 1. The molecule has 0 radical (unpaired) electrons. The Bertz CT molecular complexity index is 1030. The summed E-state index contributed by atoms with van der Waals surface area (Å²) in [5.74, 6) is -1.22. The number of carboxylic acids is 1. The minimum Gasteiger partial charge on any atom is -0.481 e. The van der Waals surface area contributed by atoms with Gasteiger partial charge in [0.15, 0.2) is 5.13 Å². The summed E-state index contributed by atoms with van der Waals surface area (Å²) in [4.78, 5) is 27.3. The van der Waals surface area contributed by atoms with Gasteiger partial charge in [-0.05, 0) is 48.2 Å². The van der Waals surface area contributed by atoms with Gasteiger partial charge in [-0.25, -0.2) is 4.98 Å². The third-order valence-corrected chi connectivity index (χ3v) is 5.96. The summed E-state index contributed by atoms with van der Waals surface area (Å²) < 4.78 is 0. The number of amides is 1. The lowest BCUT2D eigenvalue weighted by Crippen LogP contribution is -2.12. The molecular weight excluding hydrogens is 422 g/mol. The number of anilines is 2. The van der Waals surface area contributed by atoms with Crippen LogP contribution in [0.2, 0.25) is 0 Å². The van der Waals surface area contributed by atoms with Crippen LogP contribution in [0.15, 0.2) is 53.9 Å². The van der Waals surface area contributed by atoms with Gasteiger partial charge >= 0.3 is 5.97 Å². The number of unbranched alkanes of at least 4 members (excludes halogenated alkanes) is 3. The fourth-order valence-corrected chi connectivity index (χ4v) is 4.13. The third-order valence-electron chi connectivity index (χ3n) is 5.15. The summed E-state index contributed by atoms with van der Waals surface area (Å²) in [6.07, 6.45) is 5.95. The molecule has 0 aliphatic carbocycles. The number of benzene rings is 2. The highest BCUT2D eigenvalue weighted by Crippen LogP contribution is 2.19. The van der Waals surface area contributed by atoms with Crippen LogP contribution in [0, 0.1) is 0 Å². The van der Waals surface area contributed by atoms with Crippen molar-refractivity contribution in [2.75, 3.05) is 10.6 Å². The molecule has 7 heteroatoms. The van der Waals surface area contributed by atoms with Gasteiger partial charge in [0.1, 0.15) is 0 Å². The van der Waals surface area contributed by atoms with Crippen LogP contribution < -0.4 is 10.6 Å². The number of aromatic nitrogens is 1. The number of carbonyl (C=O) groups excluding carboxylic acids is 1. The first-order chi connectivity index (χ1) is 15.5. The highest BCUT2D eigenvalue weighted by Gasteiger charge is 2.11. The number of aliphatic carboxylic acids is 1. The van der Waals surface area contributed by atoms with E-state index in [1.165, 1.54) is 48.1 Å². The molecule has 0 atom stereocenters. The van der Waals surface area contributed by atoms with E-state index >= 15 is 0 Å². The molecule has 0 spiro atoms. The van der Waals surface area contributed by atoms with Crippen LogP contribution in [-0.4, -0.2) is 22.0 Å². The molecule has 2 aromatic carbocycles. The Hall–Kier alpha value is -3.19. The second kappa shape index (κ2) is 12.0. The average molecular weight is 452 g/mol. The van der Waals surface area contributed by atoms with Crippen molar-refractivity contribution in [1.82, 2.24) is 4.98 Å². The van der Waals surface area contributed by atoms with Gasteiger partial charge in [0.05, 0.1) is 12.1 Å². The quantitative estimate of drug-likeness (QED) is 0.305. The summed E-state index contributed by atoms with van der Waals surface area (Å²) in [5.41, 5.74) is 4.58. The van der Waals surface area contributed by atoms with Crippen molar-refractivity contribution in [2.45, 2.75) is 52.0 Å². The third kappa shape index (κ3) is 7.20. The van der Waals surface area contributed by atoms with E-state index < -0.39 is 5.97 Å². The Balaban J connectivity index is 1.53. The zero-order valence-corrected chi connectivity index (χ0v) is 19.1. The first kappa shape index (κ1) is 23.5. The minimum atomic E-state index is -0.949. The standard InChI is InChI=1S/C25H29N3O3S/c1-2-3-4-5-8-18-9-6-7-10-20(18)16-26-21-13-11-19(12-14-21)24(31)28-25-27-22(17-32-25)15-23(29)30/h6-7,9-14,17,26H,2-5,8,15-16H2,1H3,(H,29,30)(H,27,28,31). The number of carbonyl (C=O) groups is 2. The maximum Gasteiger partial charge on any atom is 0.309 e. The average Bonchev–Trinajstić information content (AvgIpc) is 3.22. The van der Waals surface area contributed by atoms with E-state index in [4.69, 9.17) is 5.11 Å². The highest BCUT2D eigenvalue weighted by molar-refractivity contribution is 7.14. The molecular formula is C25H29N3O3S. The summed E-state index contributed by atoms with van der Waals surface area (Å²) in [6.45, 7) is 2.96. The molecule has 3 N–H and O–H groups in total. The molecule has 3 rings (SSSR count). The predicted octanol–water partition coefficient (Wildman–Crippen LogP) is 5.76. The molecule has 1 heterocycles. The second-order valence-corrected chi connectivity index (χ2v) is 8.54. The van der Waals surface area contributed by atoms with E-state index in [2.05, 4.69) is 46.8 Å². The summed E-state index contributed by atoms with van der Waals surface area (Å²) in [7, 11) is 0. The predicted molar refractivity (Wildman–Crippen MR) is 129 cm³/mol. The van der Waals surface area contributed by atoms with Gasteiger partial charge in [0.2, 0.25) is 0 Å². The summed E-state index contributed by atoms with van der Waals surface area (Å²) in [6, 6.07) is 15.8. The molecule has 0 aliphatic heterocycles. The van der Waals surface area contributed by atoms with Crippen molar-refractivity contribution in [3.8, 4) is 0 Å². The number of nitrogens with zero attached hydrogens (tertiary/aromatic N) is 1. The van der Waals surface area contributed by atoms with Crippen molar-refractivity contribution < 1.29 is 14.7 Å². The smallest absolute Gasteiger partial charge is 0.309 e. The normalized spacial score (nSPS) is 10.7. The highest BCUT2D eigenvalue weighted by atomic mass is 32.1. The molecule has 1 aromatic heterocycles. The molecule has 0 unspecified atom stereocenters. The maximum absolute atomic E-state index is 12.4. The molecule has 6 nitrogen and oxygen atoms in total. The number of hydrogen-bond donors (Lipinski definition) is 3. The fourth-order valence-electron chi connectivity index (χ4n) is 3.42. The number of carboxylic acid groups (broad SMARTS) is 1. The number of nitrogens with one attached hydrogen (secondary N) is 2. The van der Waals surface area contributed by atoms with Crippen LogP contribution in [0.1, 0.15) is 59.8 Å². The lowest BCUT2D eigenvalue weighted by Gasteiger charge is -2.12. The Morgan fingerprint density at radius 2 is 1.75 bits per heavy atom. The Morgan fingerprint density at radius 3 is 2.47 bits per heavy atom. The van der Waals surface area contributed by atoms with Gasteiger partial charge in [-0.15, -0.1) is 11.3 Å². The van der Waals surface area contributed by atoms with Gasteiger partial charge in [0.25, 0.3) is 5.91 Å². The van der Waals surface area contributed by atoms with E-state index in [0.29, 0.717) is 16.4 Å². The van der Waals surface area contributed by atoms with Gasteiger partial charge in [-0.1, -0.05) is 50.5 Å². The van der Waals surface area contributed by atoms with E-state index in [-0.39, 0.29) is 12.3 Å². The van der Waals surface area contributed by atoms with Crippen molar-refractivity contribution in [1.29, 1.82) is 0 Å². The lowest BCUT2D eigenvalue weighted by atomic mass is 10.0. The van der Waals surface area contributed by atoms with Gasteiger partial charge < -0.3 is 10.4 Å².